The van der Waals surface area contributed by atoms with Crippen LogP contribution < -0.4 is 5.32 Å². The lowest BCUT2D eigenvalue weighted by Crippen LogP contribution is -2.58. The summed E-state index contributed by atoms with van der Waals surface area (Å²) in [7, 11) is 0. The van der Waals surface area contributed by atoms with Gasteiger partial charge in [0.15, 0.2) is 0 Å². The van der Waals surface area contributed by atoms with Crippen molar-refractivity contribution in [3.63, 3.8) is 0 Å². The van der Waals surface area contributed by atoms with Crippen LogP contribution in [0, 0.1) is 0 Å². The number of rotatable bonds is 7. The summed E-state index contributed by atoms with van der Waals surface area (Å²) in [6.07, 6.45) is 3.65. The summed E-state index contributed by atoms with van der Waals surface area (Å²) in [4.78, 5) is 14.6. The van der Waals surface area contributed by atoms with E-state index >= 15 is 0 Å². The fraction of sp³-hybridized carbons (Fsp3) is 0.929. The van der Waals surface area contributed by atoms with Gasteiger partial charge in [0, 0.05) is 12.6 Å². The maximum atomic E-state index is 12.1. The molecule has 1 fully saturated rings. The molecular weight excluding hydrogens is 228 g/mol. The second-order valence-electron chi connectivity index (χ2n) is 5.26. The summed E-state index contributed by atoms with van der Waals surface area (Å²) in [6, 6.07) is 0.623. The average molecular weight is 256 g/mol. The molecule has 0 aliphatic carbocycles. The van der Waals surface area contributed by atoms with Crippen LogP contribution in [0.25, 0.3) is 0 Å². The molecule has 1 saturated heterocycles. The van der Waals surface area contributed by atoms with E-state index < -0.39 is 5.54 Å². The van der Waals surface area contributed by atoms with Gasteiger partial charge in [-0.3, -0.25) is 9.69 Å². The molecule has 18 heavy (non-hydrogen) atoms. The molecular formula is C14H28N2O2. The molecule has 1 heterocycles. The molecule has 1 aliphatic rings. The van der Waals surface area contributed by atoms with Crippen molar-refractivity contribution in [2.24, 2.45) is 0 Å². The van der Waals surface area contributed by atoms with E-state index in [-0.39, 0.29) is 5.97 Å². The van der Waals surface area contributed by atoms with Crippen molar-refractivity contribution in [1.29, 1.82) is 0 Å². The fourth-order valence-electron chi connectivity index (χ4n) is 2.84. The Hall–Kier alpha value is -0.610. The smallest absolute Gasteiger partial charge is 0.327 e. The lowest BCUT2D eigenvalue weighted by molar-refractivity contribution is -0.151. The zero-order valence-electron chi connectivity index (χ0n) is 12.3. The summed E-state index contributed by atoms with van der Waals surface area (Å²) in [5.41, 5.74) is -0.581. The van der Waals surface area contributed by atoms with Crippen molar-refractivity contribution < 1.29 is 9.53 Å². The topological polar surface area (TPSA) is 41.6 Å². The number of carbonyl (C=O) groups is 1. The Morgan fingerprint density at radius 2 is 2.17 bits per heavy atom. The number of carbonyl (C=O) groups excluding carboxylic acids is 1. The van der Waals surface area contributed by atoms with Gasteiger partial charge in [-0.15, -0.1) is 0 Å². The van der Waals surface area contributed by atoms with Crippen molar-refractivity contribution in [2.45, 2.75) is 58.5 Å². The van der Waals surface area contributed by atoms with E-state index in [0.29, 0.717) is 12.6 Å². The Balaban J connectivity index is 2.69. The van der Waals surface area contributed by atoms with E-state index in [9.17, 15) is 4.79 Å². The van der Waals surface area contributed by atoms with Gasteiger partial charge in [0.05, 0.1) is 6.61 Å². The highest BCUT2D eigenvalue weighted by atomic mass is 16.5. The number of esters is 1. The highest BCUT2D eigenvalue weighted by Crippen LogP contribution is 2.22. The summed E-state index contributed by atoms with van der Waals surface area (Å²) in [5, 5.41) is 3.30. The summed E-state index contributed by atoms with van der Waals surface area (Å²) < 4.78 is 5.21. The molecule has 0 aromatic rings. The zero-order valence-corrected chi connectivity index (χ0v) is 12.3. The molecule has 2 atom stereocenters. The highest BCUT2D eigenvalue weighted by Gasteiger charge is 2.38. The minimum atomic E-state index is -0.581. The summed E-state index contributed by atoms with van der Waals surface area (Å²) in [6.45, 7) is 11.1. The monoisotopic (exact) mass is 256 g/mol. The molecule has 0 spiro atoms. The van der Waals surface area contributed by atoms with Gasteiger partial charge in [-0.05, 0) is 46.2 Å². The maximum absolute atomic E-state index is 12.1. The third-order valence-electron chi connectivity index (χ3n) is 3.78. The van der Waals surface area contributed by atoms with Crippen molar-refractivity contribution in [1.82, 2.24) is 10.2 Å². The largest absolute Gasteiger partial charge is 0.465 e. The van der Waals surface area contributed by atoms with Gasteiger partial charge >= 0.3 is 5.97 Å². The minimum Gasteiger partial charge on any atom is -0.465 e. The van der Waals surface area contributed by atoms with Gasteiger partial charge in [0.25, 0.3) is 0 Å². The Kier molecular flexibility index (Phi) is 6.09. The van der Waals surface area contributed by atoms with E-state index in [1.807, 2.05) is 20.8 Å². The second-order valence-corrected chi connectivity index (χ2v) is 5.26. The average Bonchev–Trinajstić information content (AvgIpc) is 2.76. The van der Waals surface area contributed by atoms with Gasteiger partial charge in [-0.2, -0.15) is 0 Å². The third-order valence-corrected chi connectivity index (χ3v) is 3.78. The van der Waals surface area contributed by atoms with Crippen molar-refractivity contribution in [3.8, 4) is 0 Å². The molecule has 1 aliphatic heterocycles. The molecule has 0 amide bonds. The van der Waals surface area contributed by atoms with Gasteiger partial charge in [0.1, 0.15) is 5.54 Å². The lowest BCUT2D eigenvalue weighted by atomic mass is 10.0. The SMILES string of the molecule is CCNC(C)(CN1CCCC1CC)C(=O)OCC. The van der Waals surface area contributed by atoms with Gasteiger partial charge < -0.3 is 10.1 Å². The first kappa shape index (κ1) is 15.4. The Bertz CT molecular complexity index is 271. The molecule has 2 unspecified atom stereocenters. The van der Waals surface area contributed by atoms with Crippen molar-refractivity contribution in [3.05, 3.63) is 0 Å². The molecule has 106 valence electrons. The van der Waals surface area contributed by atoms with Crippen LogP contribution in [-0.2, 0) is 9.53 Å². The predicted octanol–water partition coefficient (Wildman–Crippen LogP) is 1.79. The molecule has 0 saturated carbocycles. The molecule has 1 N–H and O–H groups in total. The summed E-state index contributed by atoms with van der Waals surface area (Å²) in [5.74, 6) is -0.131. The molecule has 0 aromatic heterocycles. The standard InChI is InChI=1S/C14H28N2O2/c1-5-12-9-8-10-16(12)11-14(4,15-6-2)13(17)18-7-3/h12,15H,5-11H2,1-4H3. The van der Waals surface area contributed by atoms with E-state index in [1.165, 1.54) is 12.8 Å². The molecule has 0 bridgehead atoms. The third kappa shape index (κ3) is 3.69. The minimum absolute atomic E-state index is 0.131. The quantitative estimate of drug-likeness (QED) is 0.705. The van der Waals surface area contributed by atoms with Crippen LogP contribution in [0.2, 0.25) is 0 Å². The van der Waals surface area contributed by atoms with Crippen LogP contribution in [0.4, 0.5) is 0 Å². The van der Waals surface area contributed by atoms with E-state index in [4.69, 9.17) is 4.74 Å². The number of nitrogens with zero attached hydrogens (tertiary/aromatic N) is 1. The predicted molar refractivity (Wildman–Crippen MR) is 73.6 cm³/mol. The van der Waals surface area contributed by atoms with E-state index in [2.05, 4.69) is 17.1 Å². The first-order valence-electron chi connectivity index (χ1n) is 7.23. The molecule has 1 rings (SSSR count). The molecule has 0 aromatic carbocycles. The van der Waals surface area contributed by atoms with Crippen LogP contribution in [0.3, 0.4) is 0 Å². The number of hydrogen-bond acceptors (Lipinski definition) is 4. The van der Waals surface area contributed by atoms with Gasteiger partial charge in [-0.1, -0.05) is 13.8 Å². The number of likely N-dealkylation sites (N-methyl/N-ethyl adjacent to an activating group) is 1. The Morgan fingerprint density at radius 1 is 1.44 bits per heavy atom. The molecule has 4 nitrogen and oxygen atoms in total. The Morgan fingerprint density at radius 3 is 2.72 bits per heavy atom. The first-order chi connectivity index (χ1) is 8.57. The van der Waals surface area contributed by atoms with Crippen LogP contribution in [0.15, 0.2) is 0 Å². The number of nitrogens with one attached hydrogen (secondary N) is 1. The van der Waals surface area contributed by atoms with Crippen LogP contribution in [-0.4, -0.2) is 48.7 Å². The van der Waals surface area contributed by atoms with E-state index in [1.54, 1.807) is 0 Å². The zero-order chi connectivity index (χ0) is 13.6. The van der Waals surface area contributed by atoms with Crippen LogP contribution in [0.1, 0.15) is 47.0 Å². The normalized spacial score (nSPS) is 23.9. The van der Waals surface area contributed by atoms with Crippen LogP contribution >= 0.6 is 0 Å². The fourth-order valence-corrected chi connectivity index (χ4v) is 2.84. The number of likely N-dealkylation sites (tertiary alicyclic amines) is 1. The second kappa shape index (κ2) is 7.10. The van der Waals surface area contributed by atoms with Crippen LogP contribution in [0.5, 0.6) is 0 Å². The molecule has 0 radical (unpaired) electrons. The first-order valence-corrected chi connectivity index (χ1v) is 7.23. The van der Waals surface area contributed by atoms with E-state index in [0.717, 1.165) is 26.1 Å². The number of ether oxygens (including phenoxy) is 1. The summed E-state index contributed by atoms with van der Waals surface area (Å²) >= 11 is 0. The highest BCUT2D eigenvalue weighted by molar-refractivity contribution is 5.80. The number of hydrogen-bond donors (Lipinski definition) is 1. The van der Waals surface area contributed by atoms with Crippen molar-refractivity contribution >= 4 is 5.97 Å². The van der Waals surface area contributed by atoms with Crippen molar-refractivity contribution in [2.75, 3.05) is 26.2 Å². The Labute approximate surface area is 111 Å². The lowest BCUT2D eigenvalue weighted by Gasteiger charge is -2.35. The van der Waals surface area contributed by atoms with Gasteiger partial charge in [0.2, 0.25) is 0 Å². The maximum Gasteiger partial charge on any atom is 0.327 e. The van der Waals surface area contributed by atoms with Gasteiger partial charge in [-0.25, -0.2) is 0 Å². The molecule has 4 heteroatoms.